The zero-order valence-electron chi connectivity index (χ0n) is 18.7. The molecule has 3 rings (SSSR count). The lowest BCUT2D eigenvalue weighted by Crippen LogP contribution is -2.34. The number of para-hydroxylation sites is 1. The Morgan fingerprint density at radius 3 is 1.97 bits per heavy atom. The maximum Gasteiger partial charge on any atom is 0.113 e. The first-order valence-electron chi connectivity index (χ1n) is 10.6. The molecule has 0 bridgehead atoms. The first-order valence-corrected chi connectivity index (χ1v) is 10.6. The number of fused-ring (bicyclic) bond motifs is 1. The molecule has 29 heavy (non-hydrogen) atoms. The molecule has 2 atom stereocenters. The van der Waals surface area contributed by atoms with Gasteiger partial charge in [0.1, 0.15) is 11.0 Å². The van der Waals surface area contributed by atoms with Gasteiger partial charge in [-0.25, -0.2) is 0 Å². The van der Waals surface area contributed by atoms with Crippen molar-refractivity contribution in [1.29, 1.82) is 0 Å². The van der Waals surface area contributed by atoms with Crippen LogP contribution in [-0.4, -0.2) is 26.2 Å². The summed E-state index contributed by atoms with van der Waals surface area (Å²) in [6.45, 7) is 13.5. The summed E-state index contributed by atoms with van der Waals surface area (Å²) < 4.78 is 0. The van der Waals surface area contributed by atoms with E-state index < -0.39 is 6.10 Å². The van der Waals surface area contributed by atoms with Crippen LogP contribution in [0.15, 0.2) is 48.5 Å². The van der Waals surface area contributed by atoms with Crippen molar-refractivity contribution in [3.8, 4) is 5.69 Å². The number of nitrogens with zero attached hydrogens (tertiary/aromatic N) is 3. The van der Waals surface area contributed by atoms with Crippen molar-refractivity contribution in [3.63, 3.8) is 0 Å². The van der Waals surface area contributed by atoms with Crippen LogP contribution in [-0.2, 0) is 6.42 Å². The van der Waals surface area contributed by atoms with E-state index >= 15 is 0 Å². The monoisotopic (exact) mass is 393 g/mol. The number of hydrogen-bond donors (Lipinski definition) is 1. The average molecular weight is 394 g/mol. The van der Waals surface area contributed by atoms with Crippen LogP contribution in [0.25, 0.3) is 16.7 Å². The van der Waals surface area contributed by atoms with E-state index in [1.165, 1.54) is 0 Å². The number of rotatable bonds is 6. The Morgan fingerprint density at radius 1 is 0.862 bits per heavy atom. The molecule has 0 saturated heterocycles. The van der Waals surface area contributed by atoms with Crippen LogP contribution in [0, 0.1) is 16.7 Å². The standard InChI is InChI=1S/C25H35N3O/c1-24(2,3)16-15-19(25(4,5)6)23(29)17-18-11-7-10-14-22(18)28-26-20-12-8-9-13-21(20)27-28/h7-14,19,23,29H,15-17H2,1-6H3. The van der Waals surface area contributed by atoms with Gasteiger partial charge in [-0.2, -0.15) is 4.80 Å². The van der Waals surface area contributed by atoms with Gasteiger partial charge < -0.3 is 5.11 Å². The van der Waals surface area contributed by atoms with Crippen molar-refractivity contribution in [1.82, 2.24) is 15.0 Å². The summed E-state index contributed by atoms with van der Waals surface area (Å²) in [6, 6.07) is 16.0. The second-order valence-corrected chi connectivity index (χ2v) is 10.5. The first-order chi connectivity index (χ1) is 13.5. The summed E-state index contributed by atoms with van der Waals surface area (Å²) in [5.74, 6) is 0.222. The molecule has 0 aliphatic rings. The molecule has 1 heterocycles. The van der Waals surface area contributed by atoms with E-state index in [1.807, 2.05) is 42.5 Å². The topological polar surface area (TPSA) is 50.9 Å². The molecule has 2 aromatic carbocycles. The van der Waals surface area contributed by atoms with E-state index in [0.717, 1.165) is 35.1 Å². The van der Waals surface area contributed by atoms with Gasteiger partial charge in [-0.05, 0) is 53.4 Å². The van der Waals surface area contributed by atoms with Gasteiger partial charge in [0.2, 0.25) is 0 Å². The second-order valence-electron chi connectivity index (χ2n) is 10.5. The Kier molecular flexibility index (Phi) is 6.13. The molecule has 156 valence electrons. The van der Waals surface area contributed by atoms with Gasteiger partial charge in [0.15, 0.2) is 0 Å². The van der Waals surface area contributed by atoms with Crippen LogP contribution in [0.4, 0.5) is 0 Å². The van der Waals surface area contributed by atoms with E-state index in [-0.39, 0.29) is 16.7 Å². The molecule has 3 aromatic rings. The molecule has 1 aromatic heterocycles. The van der Waals surface area contributed by atoms with Crippen molar-refractivity contribution in [2.75, 3.05) is 0 Å². The number of benzene rings is 2. The lowest BCUT2D eigenvalue weighted by atomic mass is 9.71. The van der Waals surface area contributed by atoms with Gasteiger partial charge >= 0.3 is 0 Å². The summed E-state index contributed by atoms with van der Waals surface area (Å²) in [6.07, 6.45) is 2.30. The van der Waals surface area contributed by atoms with Gasteiger partial charge in [0, 0.05) is 6.42 Å². The van der Waals surface area contributed by atoms with E-state index in [0.29, 0.717) is 6.42 Å². The van der Waals surface area contributed by atoms with Crippen molar-refractivity contribution in [2.45, 2.75) is 66.9 Å². The highest BCUT2D eigenvalue weighted by Crippen LogP contribution is 2.37. The van der Waals surface area contributed by atoms with Gasteiger partial charge in [0.05, 0.1) is 11.8 Å². The summed E-state index contributed by atoms with van der Waals surface area (Å²) in [7, 11) is 0. The Morgan fingerprint density at radius 2 is 1.41 bits per heavy atom. The summed E-state index contributed by atoms with van der Waals surface area (Å²) >= 11 is 0. The Bertz CT molecular complexity index is 913. The highest BCUT2D eigenvalue weighted by Gasteiger charge is 2.32. The van der Waals surface area contributed by atoms with Crippen LogP contribution in [0.2, 0.25) is 0 Å². The summed E-state index contributed by atoms with van der Waals surface area (Å²) in [4.78, 5) is 1.70. The number of hydrogen-bond acceptors (Lipinski definition) is 3. The number of aliphatic hydroxyl groups excluding tert-OH is 1. The third-order valence-electron chi connectivity index (χ3n) is 5.70. The molecule has 4 nitrogen and oxygen atoms in total. The fraction of sp³-hybridized carbons (Fsp3) is 0.520. The second kappa shape index (κ2) is 8.27. The maximum absolute atomic E-state index is 11.3. The molecule has 4 heteroatoms. The van der Waals surface area contributed by atoms with Gasteiger partial charge in [-0.1, -0.05) is 71.9 Å². The lowest BCUT2D eigenvalue weighted by molar-refractivity contribution is 0.0307. The Labute approximate surface area is 175 Å². The van der Waals surface area contributed by atoms with E-state index in [9.17, 15) is 5.11 Å². The number of aliphatic hydroxyl groups is 1. The highest BCUT2D eigenvalue weighted by atomic mass is 16.3. The molecule has 0 saturated carbocycles. The van der Waals surface area contributed by atoms with Crippen molar-refractivity contribution < 1.29 is 5.11 Å². The zero-order valence-corrected chi connectivity index (χ0v) is 18.7. The van der Waals surface area contributed by atoms with Crippen molar-refractivity contribution in [3.05, 3.63) is 54.1 Å². The van der Waals surface area contributed by atoms with Crippen LogP contribution < -0.4 is 0 Å². The molecule has 1 N–H and O–H groups in total. The predicted molar refractivity (Wildman–Crippen MR) is 120 cm³/mol. The molecule has 0 aliphatic carbocycles. The molecule has 0 radical (unpaired) electrons. The van der Waals surface area contributed by atoms with E-state index in [2.05, 4.69) is 57.8 Å². The molecule has 2 unspecified atom stereocenters. The maximum atomic E-state index is 11.3. The summed E-state index contributed by atoms with van der Waals surface area (Å²) in [5.41, 5.74) is 4.07. The molecule has 0 amide bonds. The van der Waals surface area contributed by atoms with Crippen LogP contribution in [0.5, 0.6) is 0 Å². The van der Waals surface area contributed by atoms with E-state index in [1.54, 1.807) is 4.80 Å². The molecular weight excluding hydrogens is 358 g/mol. The predicted octanol–water partition coefficient (Wildman–Crippen LogP) is 5.81. The fourth-order valence-corrected chi connectivity index (χ4v) is 4.00. The molecule has 0 aliphatic heterocycles. The zero-order chi connectivity index (χ0) is 21.2. The lowest BCUT2D eigenvalue weighted by Gasteiger charge is -2.36. The molecular formula is C25H35N3O. The normalized spacial score (nSPS) is 14.9. The minimum atomic E-state index is -0.413. The number of aromatic nitrogens is 3. The Hall–Kier alpha value is -2.20. The summed E-state index contributed by atoms with van der Waals surface area (Å²) in [5, 5.41) is 20.5. The first kappa shape index (κ1) is 21.5. The largest absolute Gasteiger partial charge is 0.392 e. The van der Waals surface area contributed by atoms with Crippen LogP contribution in [0.1, 0.15) is 59.9 Å². The Balaban J connectivity index is 1.87. The minimum absolute atomic E-state index is 0.0399. The molecule has 0 spiro atoms. The van der Waals surface area contributed by atoms with Crippen molar-refractivity contribution >= 4 is 11.0 Å². The fourth-order valence-electron chi connectivity index (χ4n) is 4.00. The van der Waals surface area contributed by atoms with Gasteiger partial charge in [-0.3, -0.25) is 0 Å². The smallest absolute Gasteiger partial charge is 0.113 e. The minimum Gasteiger partial charge on any atom is -0.392 e. The average Bonchev–Trinajstić information content (AvgIpc) is 3.04. The SMILES string of the molecule is CC(C)(C)CCC(C(O)Cc1ccccc1-n1nc2ccccc2n1)C(C)(C)C. The van der Waals surface area contributed by atoms with Gasteiger partial charge in [-0.15, -0.1) is 10.2 Å². The third kappa shape index (κ3) is 5.45. The quantitative estimate of drug-likeness (QED) is 0.575. The van der Waals surface area contributed by atoms with Crippen LogP contribution in [0.3, 0.4) is 0 Å². The highest BCUT2D eigenvalue weighted by molar-refractivity contribution is 5.73. The van der Waals surface area contributed by atoms with Crippen LogP contribution >= 0.6 is 0 Å². The van der Waals surface area contributed by atoms with Crippen molar-refractivity contribution in [2.24, 2.45) is 16.7 Å². The molecule has 0 fully saturated rings. The van der Waals surface area contributed by atoms with E-state index in [4.69, 9.17) is 0 Å². The van der Waals surface area contributed by atoms with Gasteiger partial charge in [0.25, 0.3) is 0 Å². The third-order valence-corrected chi connectivity index (χ3v) is 5.70.